The number of nitrogens with one attached hydrogen (secondary N) is 1. The van der Waals surface area contributed by atoms with Gasteiger partial charge in [0.2, 0.25) is 5.91 Å². The van der Waals surface area contributed by atoms with Gasteiger partial charge in [-0.15, -0.1) is 0 Å². The molecule has 1 saturated heterocycles. The number of anilines is 2. The summed E-state index contributed by atoms with van der Waals surface area (Å²) < 4.78 is 11.0. The molecule has 6 heteroatoms. The molecule has 0 spiro atoms. The number of benzene rings is 2. The summed E-state index contributed by atoms with van der Waals surface area (Å²) in [6.45, 7) is 2.99. The van der Waals surface area contributed by atoms with Crippen molar-refractivity contribution in [3.63, 3.8) is 0 Å². The van der Waals surface area contributed by atoms with Gasteiger partial charge in [0.15, 0.2) is 11.5 Å². The molecule has 0 aliphatic carbocycles. The number of hydrogen-bond acceptors (Lipinski definition) is 5. The average molecular weight is 338 g/mol. The molecule has 0 unspecified atom stereocenters. The molecule has 128 valence electrons. The summed E-state index contributed by atoms with van der Waals surface area (Å²) in [4.78, 5) is 26.2. The monoisotopic (exact) mass is 338 g/mol. The molecule has 2 heterocycles. The van der Waals surface area contributed by atoms with E-state index in [4.69, 9.17) is 9.47 Å². The molecule has 2 aliphatic heterocycles. The van der Waals surface area contributed by atoms with Crippen molar-refractivity contribution in [2.75, 3.05) is 23.4 Å². The number of rotatable bonds is 3. The first-order valence-corrected chi connectivity index (χ1v) is 8.21. The zero-order chi connectivity index (χ0) is 17.4. The number of imide groups is 1. The quantitative estimate of drug-likeness (QED) is 0.871. The lowest BCUT2D eigenvalue weighted by atomic mass is 10.2. The second kappa shape index (κ2) is 6.12. The lowest BCUT2D eigenvalue weighted by Gasteiger charge is -2.20. The summed E-state index contributed by atoms with van der Waals surface area (Å²) in [5, 5.41) is 3.13. The molecule has 0 aromatic heterocycles. The molecule has 6 nitrogen and oxygen atoms in total. The van der Waals surface area contributed by atoms with E-state index in [9.17, 15) is 9.59 Å². The van der Waals surface area contributed by atoms with Crippen LogP contribution in [0, 0.1) is 6.92 Å². The smallest absolute Gasteiger partial charge is 0.256 e. The van der Waals surface area contributed by atoms with Crippen molar-refractivity contribution in [2.24, 2.45) is 0 Å². The molecule has 1 N–H and O–H groups in total. The summed E-state index contributed by atoms with van der Waals surface area (Å²) >= 11 is 0. The van der Waals surface area contributed by atoms with Crippen LogP contribution in [0.5, 0.6) is 11.5 Å². The number of nitrogens with zero attached hydrogens (tertiary/aromatic N) is 1. The van der Waals surface area contributed by atoms with Gasteiger partial charge in [-0.05, 0) is 31.2 Å². The number of aryl methyl sites for hydroxylation is 1. The number of fused-ring (bicyclic) bond motifs is 1. The highest BCUT2D eigenvalue weighted by molar-refractivity contribution is 6.23. The molecule has 1 atom stereocenters. The van der Waals surface area contributed by atoms with E-state index in [1.807, 2.05) is 25.1 Å². The van der Waals surface area contributed by atoms with Crippen LogP contribution in [0.15, 0.2) is 42.5 Å². The fourth-order valence-electron chi connectivity index (χ4n) is 3.04. The summed E-state index contributed by atoms with van der Waals surface area (Å²) in [7, 11) is 0. The van der Waals surface area contributed by atoms with Crippen LogP contribution in [0.1, 0.15) is 12.0 Å². The molecule has 2 aliphatic rings. The van der Waals surface area contributed by atoms with Gasteiger partial charge in [-0.3, -0.25) is 9.59 Å². The maximum Gasteiger partial charge on any atom is 0.256 e. The van der Waals surface area contributed by atoms with Crippen LogP contribution >= 0.6 is 0 Å². The Hall–Kier alpha value is -3.02. The van der Waals surface area contributed by atoms with Gasteiger partial charge in [0.05, 0.1) is 12.1 Å². The van der Waals surface area contributed by atoms with Gasteiger partial charge < -0.3 is 14.8 Å². The Morgan fingerprint density at radius 3 is 2.48 bits per heavy atom. The van der Waals surface area contributed by atoms with Gasteiger partial charge in [0.25, 0.3) is 5.91 Å². The van der Waals surface area contributed by atoms with E-state index >= 15 is 0 Å². The molecular formula is C19H18N2O4. The van der Waals surface area contributed by atoms with E-state index in [1.165, 1.54) is 4.90 Å². The van der Waals surface area contributed by atoms with Crippen molar-refractivity contribution in [3.05, 3.63) is 48.0 Å². The fraction of sp³-hybridized carbons (Fsp3) is 0.263. The summed E-state index contributed by atoms with van der Waals surface area (Å²) in [6, 6.07) is 12.2. The minimum absolute atomic E-state index is 0.126. The minimum Gasteiger partial charge on any atom is -0.486 e. The van der Waals surface area contributed by atoms with Crippen LogP contribution in [0.4, 0.5) is 11.4 Å². The first-order valence-electron chi connectivity index (χ1n) is 8.21. The molecule has 0 bridgehead atoms. The SMILES string of the molecule is Cc1ccc(N2C(=O)C[C@@H](Nc3ccc4c(c3)OCCO4)C2=O)cc1. The topological polar surface area (TPSA) is 67.9 Å². The van der Waals surface area contributed by atoms with Crippen molar-refractivity contribution in [1.29, 1.82) is 0 Å². The predicted molar refractivity (Wildman–Crippen MR) is 93.1 cm³/mol. The highest BCUT2D eigenvalue weighted by Crippen LogP contribution is 2.33. The van der Waals surface area contributed by atoms with Gasteiger partial charge in [-0.1, -0.05) is 17.7 Å². The third-order valence-corrected chi connectivity index (χ3v) is 4.32. The Morgan fingerprint density at radius 1 is 1.00 bits per heavy atom. The Balaban J connectivity index is 1.53. The Kier molecular flexibility index (Phi) is 3.80. The van der Waals surface area contributed by atoms with Crippen molar-refractivity contribution in [2.45, 2.75) is 19.4 Å². The molecule has 2 aromatic carbocycles. The maximum atomic E-state index is 12.7. The largest absolute Gasteiger partial charge is 0.486 e. The van der Waals surface area contributed by atoms with Crippen LogP contribution in [-0.2, 0) is 9.59 Å². The van der Waals surface area contributed by atoms with Gasteiger partial charge in [0.1, 0.15) is 19.3 Å². The van der Waals surface area contributed by atoms with Gasteiger partial charge in [0, 0.05) is 11.8 Å². The Bertz CT molecular complexity index is 832. The summed E-state index contributed by atoms with van der Waals surface area (Å²) in [5.74, 6) is 0.878. The molecule has 25 heavy (non-hydrogen) atoms. The van der Waals surface area contributed by atoms with Gasteiger partial charge in [-0.2, -0.15) is 0 Å². The molecular weight excluding hydrogens is 320 g/mol. The number of carbonyl (C=O) groups excluding carboxylic acids is 2. The molecule has 0 saturated carbocycles. The lowest BCUT2D eigenvalue weighted by molar-refractivity contribution is -0.121. The van der Waals surface area contributed by atoms with Crippen LogP contribution in [0.25, 0.3) is 0 Å². The van der Waals surface area contributed by atoms with Crippen LogP contribution in [0.2, 0.25) is 0 Å². The third kappa shape index (κ3) is 2.91. The fourth-order valence-corrected chi connectivity index (χ4v) is 3.04. The van der Waals surface area contributed by atoms with Crippen LogP contribution < -0.4 is 19.7 Å². The Labute approximate surface area is 145 Å². The van der Waals surface area contributed by atoms with Crippen molar-refractivity contribution in [3.8, 4) is 11.5 Å². The standard InChI is InChI=1S/C19H18N2O4/c1-12-2-5-14(6-3-12)21-18(22)11-15(19(21)23)20-13-4-7-16-17(10-13)25-9-8-24-16/h2-7,10,15,20H,8-9,11H2,1H3/t15-/m1/s1. The summed E-state index contributed by atoms with van der Waals surface area (Å²) in [5.41, 5.74) is 2.40. The molecule has 2 amide bonds. The van der Waals surface area contributed by atoms with E-state index in [1.54, 1.807) is 24.3 Å². The first kappa shape index (κ1) is 15.5. The number of hydrogen-bond donors (Lipinski definition) is 1. The zero-order valence-electron chi connectivity index (χ0n) is 13.8. The average Bonchev–Trinajstić information content (AvgIpc) is 2.89. The van der Waals surface area contributed by atoms with Crippen molar-refractivity contribution in [1.82, 2.24) is 0 Å². The molecule has 2 aromatic rings. The van der Waals surface area contributed by atoms with Crippen LogP contribution in [0.3, 0.4) is 0 Å². The zero-order valence-corrected chi connectivity index (χ0v) is 13.8. The highest BCUT2D eigenvalue weighted by atomic mass is 16.6. The predicted octanol–water partition coefficient (Wildman–Crippen LogP) is 2.51. The van der Waals surface area contributed by atoms with Crippen LogP contribution in [-0.4, -0.2) is 31.1 Å². The van der Waals surface area contributed by atoms with E-state index in [2.05, 4.69) is 5.32 Å². The maximum absolute atomic E-state index is 12.7. The van der Waals surface area contributed by atoms with Gasteiger partial charge in [-0.25, -0.2) is 4.90 Å². The second-order valence-electron chi connectivity index (χ2n) is 6.16. The van der Waals surface area contributed by atoms with E-state index in [0.29, 0.717) is 30.4 Å². The first-order chi connectivity index (χ1) is 12.1. The van der Waals surface area contributed by atoms with E-state index in [-0.39, 0.29) is 18.2 Å². The minimum atomic E-state index is -0.587. The van der Waals surface area contributed by atoms with Crippen molar-refractivity contribution < 1.29 is 19.1 Å². The third-order valence-electron chi connectivity index (χ3n) is 4.32. The number of carbonyl (C=O) groups is 2. The Morgan fingerprint density at radius 2 is 1.72 bits per heavy atom. The van der Waals surface area contributed by atoms with E-state index in [0.717, 1.165) is 11.3 Å². The van der Waals surface area contributed by atoms with Crippen molar-refractivity contribution >= 4 is 23.2 Å². The second-order valence-corrected chi connectivity index (χ2v) is 6.16. The van der Waals surface area contributed by atoms with E-state index < -0.39 is 6.04 Å². The normalized spacial score (nSPS) is 19.2. The molecule has 0 radical (unpaired) electrons. The highest BCUT2D eigenvalue weighted by Gasteiger charge is 2.39. The number of ether oxygens (including phenoxy) is 2. The lowest BCUT2D eigenvalue weighted by Crippen LogP contribution is -2.34. The van der Waals surface area contributed by atoms with Gasteiger partial charge >= 0.3 is 0 Å². The summed E-state index contributed by atoms with van der Waals surface area (Å²) in [6.07, 6.45) is 0.126. The molecule has 4 rings (SSSR count). The molecule has 1 fully saturated rings. The number of amides is 2.